The summed E-state index contributed by atoms with van der Waals surface area (Å²) in [5.41, 5.74) is -1.68. The van der Waals surface area contributed by atoms with Crippen LogP contribution < -0.4 is 5.32 Å². The highest BCUT2D eigenvalue weighted by Gasteiger charge is 2.35. The van der Waals surface area contributed by atoms with E-state index in [4.69, 9.17) is 11.6 Å². The van der Waals surface area contributed by atoms with E-state index in [0.29, 0.717) is 25.7 Å². The molecular weight excluding hydrogens is 269 g/mol. The Morgan fingerprint density at radius 1 is 1.50 bits per heavy atom. The van der Waals surface area contributed by atoms with Crippen LogP contribution in [-0.4, -0.2) is 28.8 Å². The highest BCUT2D eigenvalue weighted by molar-refractivity contribution is 6.30. The van der Waals surface area contributed by atoms with E-state index in [2.05, 4.69) is 10.3 Å². The third-order valence-electron chi connectivity index (χ3n) is 2.98. The molecule has 1 fully saturated rings. The van der Waals surface area contributed by atoms with E-state index in [1.165, 1.54) is 0 Å². The zero-order chi connectivity index (χ0) is 13.4. The minimum atomic E-state index is -4.46. The van der Waals surface area contributed by atoms with Gasteiger partial charge in [-0.1, -0.05) is 11.6 Å². The summed E-state index contributed by atoms with van der Waals surface area (Å²) in [6, 6.07) is 0.950. The molecule has 0 bridgehead atoms. The molecule has 1 aliphatic heterocycles. The monoisotopic (exact) mass is 280 g/mol. The number of alkyl halides is 3. The Bertz CT molecular complexity index is 444. The molecule has 0 spiro atoms. The number of aliphatic hydroxyl groups is 1. The van der Waals surface area contributed by atoms with Gasteiger partial charge in [-0.25, -0.2) is 4.98 Å². The topological polar surface area (TPSA) is 45.2 Å². The van der Waals surface area contributed by atoms with E-state index < -0.39 is 17.3 Å². The van der Waals surface area contributed by atoms with Crippen molar-refractivity contribution in [2.75, 3.05) is 13.1 Å². The number of pyridine rings is 1. The van der Waals surface area contributed by atoms with Crippen LogP contribution in [0.2, 0.25) is 5.15 Å². The van der Waals surface area contributed by atoms with Crippen LogP contribution in [0.25, 0.3) is 0 Å². The van der Waals surface area contributed by atoms with Crippen LogP contribution in [0, 0.1) is 0 Å². The summed E-state index contributed by atoms with van der Waals surface area (Å²) in [6.45, 7) is 0.986. The maximum absolute atomic E-state index is 12.6. The van der Waals surface area contributed by atoms with E-state index in [0.717, 1.165) is 6.07 Å². The van der Waals surface area contributed by atoms with Crippen LogP contribution in [0.3, 0.4) is 0 Å². The minimum Gasteiger partial charge on any atom is -0.388 e. The molecular formula is C11H12ClF3N2O. The number of β-amino-alcohol motifs (C(OH)–C–C–N with tert-alkyl or cyclic N) is 1. The molecule has 1 aromatic rings. The molecule has 1 aromatic heterocycles. The average molecular weight is 281 g/mol. The van der Waals surface area contributed by atoms with Crippen LogP contribution in [-0.2, 0) is 12.6 Å². The lowest BCUT2D eigenvalue weighted by Crippen LogP contribution is -2.34. The Balaban J connectivity index is 2.27. The van der Waals surface area contributed by atoms with E-state index in [-0.39, 0.29) is 17.1 Å². The van der Waals surface area contributed by atoms with E-state index in [1.54, 1.807) is 0 Å². The van der Waals surface area contributed by atoms with Crippen molar-refractivity contribution in [1.29, 1.82) is 0 Å². The highest BCUT2D eigenvalue weighted by Crippen LogP contribution is 2.32. The summed E-state index contributed by atoms with van der Waals surface area (Å²) in [6.07, 6.45) is -3.21. The summed E-state index contributed by atoms with van der Waals surface area (Å²) in [4.78, 5) is 3.53. The van der Waals surface area contributed by atoms with E-state index in [9.17, 15) is 18.3 Å². The van der Waals surface area contributed by atoms with Gasteiger partial charge in [0.25, 0.3) is 0 Å². The summed E-state index contributed by atoms with van der Waals surface area (Å²) in [5.74, 6) is 0. The number of hydrogen-bond acceptors (Lipinski definition) is 3. The number of nitrogens with one attached hydrogen (secondary N) is 1. The molecule has 1 unspecified atom stereocenters. The number of nitrogens with zero attached hydrogens (tertiary/aromatic N) is 1. The van der Waals surface area contributed by atoms with E-state index in [1.807, 2.05) is 0 Å². The van der Waals surface area contributed by atoms with Gasteiger partial charge in [0, 0.05) is 19.2 Å². The molecule has 2 rings (SSSR count). The molecule has 18 heavy (non-hydrogen) atoms. The summed E-state index contributed by atoms with van der Waals surface area (Å²) in [7, 11) is 0. The van der Waals surface area contributed by atoms with Crippen LogP contribution in [0.4, 0.5) is 13.2 Å². The van der Waals surface area contributed by atoms with Gasteiger partial charge in [0.2, 0.25) is 0 Å². The van der Waals surface area contributed by atoms with Gasteiger partial charge in [0.1, 0.15) is 5.15 Å². The molecule has 3 nitrogen and oxygen atoms in total. The summed E-state index contributed by atoms with van der Waals surface area (Å²) < 4.78 is 37.7. The van der Waals surface area contributed by atoms with Crippen molar-refractivity contribution in [3.8, 4) is 0 Å². The van der Waals surface area contributed by atoms with Crippen molar-refractivity contribution in [3.63, 3.8) is 0 Å². The van der Waals surface area contributed by atoms with Crippen LogP contribution in [0.15, 0.2) is 12.3 Å². The molecule has 1 saturated heterocycles. The molecule has 2 N–H and O–H groups in total. The molecule has 1 atom stereocenters. The number of rotatable bonds is 2. The van der Waals surface area contributed by atoms with Gasteiger partial charge in [0.05, 0.1) is 11.2 Å². The lowest BCUT2D eigenvalue weighted by molar-refractivity contribution is -0.137. The first-order chi connectivity index (χ1) is 8.30. The van der Waals surface area contributed by atoms with Crippen molar-refractivity contribution >= 4 is 11.6 Å². The van der Waals surface area contributed by atoms with Gasteiger partial charge >= 0.3 is 6.18 Å². The van der Waals surface area contributed by atoms with Gasteiger partial charge in [-0.15, -0.1) is 0 Å². The maximum atomic E-state index is 12.6. The number of hydrogen-bond donors (Lipinski definition) is 2. The van der Waals surface area contributed by atoms with Crippen molar-refractivity contribution in [1.82, 2.24) is 10.3 Å². The fourth-order valence-corrected chi connectivity index (χ4v) is 2.18. The smallest absolute Gasteiger partial charge is 0.388 e. The van der Waals surface area contributed by atoms with Gasteiger partial charge in [-0.3, -0.25) is 0 Å². The molecule has 0 aromatic carbocycles. The first kappa shape index (κ1) is 13.6. The van der Waals surface area contributed by atoms with Gasteiger partial charge in [-0.2, -0.15) is 13.2 Å². The Morgan fingerprint density at radius 2 is 2.22 bits per heavy atom. The quantitative estimate of drug-likeness (QED) is 0.815. The Labute approximate surface area is 107 Å². The predicted molar refractivity (Wildman–Crippen MR) is 60.4 cm³/mol. The Morgan fingerprint density at radius 3 is 2.78 bits per heavy atom. The molecule has 1 aliphatic rings. The first-order valence-electron chi connectivity index (χ1n) is 5.45. The third-order valence-corrected chi connectivity index (χ3v) is 3.32. The van der Waals surface area contributed by atoms with Gasteiger partial charge in [0.15, 0.2) is 0 Å². The zero-order valence-electron chi connectivity index (χ0n) is 9.39. The first-order valence-corrected chi connectivity index (χ1v) is 5.83. The molecule has 100 valence electrons. The van der Waals surface area contributed by atoms with Gasteiger partial charge < -0.3 is 10.4 Å². The summed E-state index contributed by atoms with van der Waals surface area (Å²) in [5, 5.41) is 13.1. The lowest BCUT2D eigenvalue weighted by Gasteiger charge is -2.22. The van der Waals surface area contributed by atoms with Crippen LogP contribution in [0.5, 0.6) is 0 Å². The van der Waals surface area contributed by atoms with Crippen LogP contribution >= 0.6 is 11.6 Å². The molecule has 0 radical (unpaired) electrons. The molecule has 7 heteroatoms. The molecule has 0 saturated carbocycles. The normalized spacial score (nSPS) is 24.5. The van der Waals surface area contributed by atoms with Crippen LogP contribution in [0.1, 0.15) is 17.5 Å². The largest absolute Gasteiger partial charge is 0.417 e. The Hall–Kier alpha value is -0.850. The van der Waals surface area contributed by atoms with Crippen molar-refractivity contribution in [3.05, 3.63) is 28.5 Å². The minimum absolute atomic E-state index is 0.00308. The predicted octanol–water partition coefficient (Wildman–Crippen LogP) is 2.02. The number of aromatic nitrogens is 1. The van der Waals surface area contributed by atoms with Crippen molar-refractivity contribution < 1.29 is 18.3 Å². The average Bonchev–Trinajstić information content (AvgIpc) is 2.67. The lowest BCUT2D eigenvalue weighted by atomic mass is 9.94. The third kappa shape index (κ3) is 2.93. The summed E-state index contributed by atoms with van der Waals surface area (Å²) >= 11 is 5.78. The molecule has 2 heterocycles. The fourth-order valence-electron chi connectivity index (χ4n) is 2.01. The fraction of sp³-hybridized carbons (Fsp3) is 0.545. The standard InChI is InChI=1S/C11H12ClF3N2O/c12-9-7(4-10(18)1-2-16-6-10)3-8(5-17-9)11(13,14)15/h3,5,16,18H,1-2,4,6H2. The second-order valence-corrected chi connectivity index (χ2v) is 4.86. The van der Waals surface area contributed by atoms with Crippen molar-refractivity contribution in [2.45, 2.75) is 24.6 Å². The maximum Gasteiger partial charge on any atom is 0.417 e. The Kier molecular flexibility index (Phi) is 3.53. The van der Waals surface area contributed by atoms with E-state index >= 15 is 0 Å². The second kappa shape index (κ2) is 4.68. The highest BCUT2D eigenvalue weighted by atomic mass is 35.5. The number of halogens is 4. The van der Waals surface area contributed by atoms with Crippen molar-refractivity contribution in [2.24, 2.45) is 0 Å². The zero-order valence-corrected chi connectivity index (χ0v) is 10.1. The molecule has 0 aliphatic carbocycles. The molecule has 0 amide bonds. The SMILES string of the molecule is OC1(Cc2cc(C(F)(F)F)cnc2Cl)CCNC1. The van der Waals surface area contributed by atoms with Gasteiger partial charge in [-0.05, 0) is 24.6 Å². The second-order valence-electron chi connectivity index (χ2n) is 4.50.